The van der Waals surface area contributed by atoms with Crippen LogP contribution in [-0.2, 0) is 39.8 Å². The van der Waals surface area contributed by atoms with Gasteiger partial charge in [0.15, 0.2) is 32.0 Å². The minimum atomic E-state index is -4.95. The van der Waals surface area contributed by atoms with E-state index in [1.807, 2.05) is 13.8 Å². The third-order valence-corrected chi connectivity index (χ3v) is 10.2. The number of alkyl halides is 9. The number of ketones is 1. The van der Waals surface area contributed by atoms with Gasteiger partial charge in [-0.1, -0.05) is 62.1 Å². The van der Waals surface area contributed by atoms with Crippen LogP contribution in [-0.4, -0.2) is 90.4 Å². The summed E-state index contributed by atoms with van der Waals surface area (Å²) in [6.45, 7) is 13.0. The van der Waals surface area contributed by atoms with Gasteiger partial charge >= 0.3 is 49.3 Å². The molecule has 0 spiro atoms. The molecule has 0 aliphatic carbocycles. The Bertz CT molecular complexity index is 1960. The van der Waals surface area contributed by atoms with E-state index in [0.29, 0.717) is 36.1 Å². The van der Waals surface area contributed by atoms with E-state index in [0.717, 1.165) is 11.7 Å². The third kappa shape index (κ3) is 22.9. The summed E-state index contributed by atoms with van der Waals surface area (Å²) >= 11 is 14.3. The Morgan fingerprint density at radius 1 is 1.03 bits per heavy atom. The molecule has 5 heterocycles. The topological polar surface area (TPSA) is 202 Å². The van der Waals surface area contributed by atoms with Crippen LogP contribution in [0.3, 0.4) is 0 Å². The van der Waals surface area contributed by atoms with Crippen LogP contribution in [0.1, 0.15) is 45.5 Å². The van der Waals surface area contributed by atoms with Gasteiger partial charge in [-0.25, -0.2) is 9.97 Å². The molecule has 3 aliphatic rings. The quantitative estimate of drug-likeness (QED) is 0.0375. The summed E-state index contributed by atoms with van der Waals surface area (Å²) in [6, 6.07) is 0.544. The summed E-state index contributed by atoms with van der Waals surface area (Å²) in [5.74, 6) is -3.24. The first-order valence-electron chi connectivity index (χ1n) is 16.3. The van der Waals surface area contributed by atoms with Gasteiger partial charge in [-0.05, 0) is 35.1 Å². The molecule has 3 unspecified atom stereocenters. The zero-order valence-corrected chi connectivity index (χ0v) is 38.6. The number of nitrogens with one attached hydrogen (secondary N) is 1. The first kappa shape index (κ1) is 60.3. The average molecular weight is 1060 g/mol. The Balaban J connectivity index is 0. The van der Waals surface area contributed by atoms with Crippen LogP contribution in [0.25, 0.3) is 0 Å². The molecule has 0 bridgehead atoms. The van der Waals surface area contributed by atoms with Crippen LogP contribution < -0.4 is 27.9 Å². The molecule has 5 rings (SSSR count). The molecule has 0 saturated heterocycles. The van der Waals surface area contributed by atoms with Gasteiger partial charge in [-0.2, -0.15) is 39.5 Å². The molecule has 14 nitrogen and oxygen atoms in total. The number of nitrogens with two attached hydrogens (primary N) is 2. The number of thioether (sulfide) groups is 3. The number of fused-ring (bicyclic) bond motifs is 2. The van der Waals surface area contributed by atoms with Gasteiger partial charge in [0.05, 0.1) is 13.2 Å². The molecule has 2 aromatic heterocycles. The fraction of sp³-hybridized carbons (Fsp3) is 0.533. The second kappa shape index (κ2) is 28.1. The van der Waals surface area contributed by atoms with E-state index in [9.17, 15) is 58.7 Å². The van der Waals surface area contributed by atoms with Crippen molar-refractivity contribution in [3.63, 3.8) is 0 Å². The van der Waals surface area contributed by atoms with E-state index in [1.54, 1.807) is 17.8 Å². The summed E-state index contributed by atoms with van der Waals surface area (Å²) in [5.41, 5.74) is 6.82. The van der Waals surface area contributed by atoms with E-state index in [2.05, 4.69) is 91.4 Å². The number of halogens is 11. The number of thiol groups is 1. The van der Waals surface area contributed by atoms with E-state index in [-0.39, 0.29) is 39.8 Å². The number of rotatable bonds is 5. The van der Waals surface area contributed by atoms with E-state index in [1.165, 1.54) is 39.6 Å². The number of carbonyl (C=O) groups is 2. The zero-order chi connectivity index (χ0) is 46.8. The number of aliphatic imine (C=N–C) groups is 1. The van der Waals surface area contributed by atoms with Gasteiger partial charge in [0.1, 0.15) is 10.9 Å². The van der Waals surface area contributed by atoms with Crippen LogP contribution in [0.2, 0.25) is 0 Å². The Morgan fingerprint density at radius 2 is 1.54 bits per heavy atom. The van der Waals surface area contributed by atoms with Crippen molar-refractivity contribution >= 4 is 118 Å². The van der Waals surface area contributed by atoms with Crippen LogP contribution in [0.5, 0.6) is 0 Å². The minimum absolute atomic E-state index is 0. The predicted molar refractivity (Wildman–Crippen MR) is 231 cm³/mol. The Hall–Kier alpha value is -2.80. The van der Waals surface area contributed by atoms with Crippen molar-refractivity contribution in [2.75, 3.05) is 19.7 Å². The standard InChI is InChI=1S/C8H6BrF3N2OS.C8H7F3N2OS.C6H7F3O3.2C4H8N2S.BHNS.ClH/c1-3-2-14-6(15)4(9)5(8(10,11)12)13-7(14)16-3;1-4-3-13-6(14)2-5(8(9,10)11)12-7(13)15-4;1-2-12-5(11)3-4(10)6(7,8)9;1-3-2-6-4(5)7-3;1-2-3-6-4(5)7;1-2-3;/h3H,2H2,1H3;2,4H,3H2,1H3;2-3H2,1H3;3H,2H2,1H3,(H2,5,6);2H,1,3H2,(H3,5,6,7);3H;1H. The molecule has 1 radical (unpaired) electrons. The molecule has 3 aliphatic heterocycles. The normalized spacial score (nSPS) is 17.0. The summed E-state index contributed by atoms with van der Waals surface area (Å²) in [5, 5.41) is 4.80. The van der Waals surface area contributed by atoms with Gasteiger partial charge in [-0.3, -0.25) is 33.3 Å². The Labute approximate surface area is 382 Å². The van der Waals surface area contributed by atoms with Crippen molar-refractivity contribution in [1.82, 2.24) is 24.4 Å². The van der Waals surface area contributed by atoms with Crippen LogP contribution >= 0.6 is 88.7 Å². The Morgan fingerprint density at radius 3 is 1.90 bits per heavy atom. The molecule has 0 saturated carbocycles. The molecule has 5 N–H and O–H groups in total. The number of thiocarbonyl (C=S) groups is 1. The maximum atomic E-state index is 12.5. The molecule has 31 heteroatoms. The van der Waals surface area contributed by atoms with E-state index in [4.69, 9.17) is 11.5 Å². The first-order chi connectivity index (χ1) is 27.5. The number of esters is 1. The SMILES string of the molecule is C=CCNC(N)=S.CC1CN=C(N)S1.CC1Cn2c(nc(C(F)(F)F)c(Br)c2=O)S1.CC1Cn2c(nc(C(F)(F)F)cc2=O)S1.CCOC(=O)CC(=O)C(F)(F)F.Cl.[B]=NS. The molecule has 0 aromatic carbocycles. The van der Waals surface area contributed by atoms with Crippen molar-refractivity contribution in [2.24, 2.45) is 20.8 Å². The van der Waals surface area contributed by atoms with Gasteiger partial charge in [0.2, 0.25) is 5.78 Å². The molecular weight excluding hydrogens is 1020 g/mol. The average Bonchev–Trinajstić information content (AvgIpc) is 3.82. The summed E-state index contributed by atoms with van der Waals surface area (Å²) < 4.78 is 118. The van der Waals surface area contributed by atoms with Crippen LogP contribution in [0, 0.1) is 0 Å². The number of nitrogens with zero attached hydrogens (tertiary/aromatic N) is 6. The van der Waals surface area contributed by atoms with Crippen molar-refractivity contribution in [3.8, 4) is 0 Å². The van der Waals surface area contributed by atoms with Gasteiger partial charge in [-0.15, -0.1) is 19.0 Å². The molecule has 2 aromatic rings. The predicted octanol–water partition coefficient (Wildman–Crippen LogP) is 6.39. The molecule has 61 heavy (non-hydrogen) atoms. The maximum absolute atomic E-state index is 12.5. The molecule has 343 valence electrons. The van der Waals surface area contributed by atoms with E-state index >= 15 is 0 Å². The number of Topliss-reactive ketones (excluding diaryl/α,β-unsaturated/α-hetero) is 1. The molecule has 0 fully saturated rings. The fourth-order valence-electron chi connectivity index (χ4n) is 3.90. The number of carbonyl (C=O) groups excluding carboxylic acids is 2. The second-order valence-electron chi connectivity index (χ2n) is 11.4. The first-order valence-corrected chi connectivity index (χ1v) is 20.6. The van der Waals surface area contributed by atoms with Crippen LogP contribution in [0.15, 0.2) is 52.4 Å². The number of hydrogen-bond donors (Lipinski definition) is 4. The fourth-order valence-corrected chi connectivity index (χ4v) is 7.26. The van der Waals surface area contributed by atoms with Gasteiger partial charge in [0, 0.05) is 41.5 Å². The molecular formula is C30H38BBrClF9N9O5S5. The number of aromatic nitrogens is 4. The van der Waals surface area contributed by atoms with Crippen molar-refractivity contribution in [3.05, 3.63) is 55.3 Å². The van der Waals surface area contributed by atoms with Crippen molar-refractivity contribution < 1.29 is 53.8 Å². The third-order valence-electron chi connectivity index (χ3n) is 6.28. The van der Waals surface area contributed by atoms with Gasteiger partial charge < -0.3 is 21.5 Å². The van der Waals surface area contributed by atoms with Crippen molar-refractivity contribution in [2.45, 2.75) is 91.8 Å². The molecule has 0 amide bonds. The van der Waals surface area contributed by atoms with Crippen LogP contribution in [0.4, 0.5) is 39.5 Å². The van der Waals surface area contributed by atoms with Crippen molar-refractivity contribution in [1.29, 1.82) is 0 Å². The monoisotopic (exact) mass is 1060 g/mol. The summed E-state index contributed by atoms with van der Waals surface area (Å²) in [4.78, 5) is 54.4. The summed E-state index contributed by atoms with van der Waals surface area (Å²) in [7, 11) is 4.34. The van der Waals surface area contributed by atoms with E-state index < -0.39 is 63.7 Å². The number of hydrogen-bond acceptors (Lipinski definition) is 15. The summed E-state index contributed by atoms with van der Waals surface area (Å²) in [6.07, 6.45) is -13.7. The molecule has 3 atom stereocenters. The zero-order valence-electron chi connectivity index (χ0n) is 32.1. The second-order valence-corrected chi connectivity index (χ2v) is 17.1. The Kier molecular flexibility index (Phi) is 27.8. The number of ether oxygens (including phenoxy) is 1. The van der Waals surface area contributed by atoms with Gasteiger partial charge in [0.25, 0.3) is 11.1 Å². The number of amidine groups is 1.